The van der Waals surface area contributed by atoms with Crippen molar-refractivity contribution in [3.05, 3.63) is 89.5 Å². The molecule has 0 bridgehead atoms. The van der Waals surface area contributed by atoms with Crippen LogP contribution in [0.4, 0.5) is 11.4 Å². The Morgan fingerprint density at radius 1 is 1.06 bits per heavy atom. The normalized spacial score (nSPS) is 15.8. The predicted octanol–water partition coefficient (Wildman–Crippen LogP) is 5.85. The maximum atomic E-state index is 12.7. The monoisotopic (exact) mass is 446 g/mol. The molecule has 1 fully saturated rings. The van der Waals surface area contributed by atoms with Crippen molar-refractivity contribution in [2.24, 2.45) is 0 Å². The van der Waals surface area contributed by atoms with Crippen LogP contribution in [0.2, 0.25) is 0 Å². The lowest BCUT2D eigenvalue weighted by Gasteiger charge is -2.25. The first-order chi connectivity index (χ1) is 15.5. The van der Waals surface area contributed by atoms with Gasteiger partial charge in [-0.2, -0.15) is 0 Å². The lowest BCUT2D eigenvalue weighted by Crippen LogP contribution is -2.27. The Morgan fingerprint density at radius 2 is 1.81 bits per heavy atom. The van der Waals surface area contributed by atoms with Crippen molar-refractivity contribution in [1.29, 1.82) is 0 Å². The number of hydrogen-bond acceptors (Lipinski definition) is 4. The molecule has 1 saturated heterocycles. The molecule has 0 spiro atoms. The fraction of sp³-hybridized carbons (Fsp3) is 0.231. The minimum Gasteiger partial charge on any atom is -0.497 e. The van der Waals surface area contributed by atoms with E-state index in [2.05, 4.69) is 31.3 Å². The van der Waals surface area contributed by atoms with Crippen LogP contribution in [0.15, 0.2) is 72.8 Å². The van der Waals surface area contributed by atoms with E-state index in [0.717, 1.165) is 11.3 Å². The molecule has 1 unspecified atom stereocenters. The minimum atomic E-state index is -0.211. The van der Waals surface area contributed by atoms with Crippen molar-refractivity contribution in [3.63, 3.8) is 0 Å². The summed E-state index contributed by atoms with van der Waals surface area (Å²) in [7, 11) is 1.57. The van der Waals surface area contributed by atoms with E-state index in [0.29, 0.717) is 28.7 Å². The van der Waals surface area contributed by atoms with Gasteiger partial charge in [-0.15, -0.1) is 11.8 Å². The topological polar surface area (TPSA) is 58.6 Å². The summed E-state index contributed by atoms with van der Waals surface area (Å²) in [5.41, 5.74) is 4.31. The number of ether oxygens (including phenoxy) is 1. The van der Waals surface area contributed by atoms with Crippen LogP contribution in [0.1, 0.15) is 46.6 Å². The van der Waals surface area contributed by atoms with E-state index in [1.54, 1.807) is 43.1 Å². The number of amides is 2. The first-order valence-corrected chi connectivity index (χ1v) is 11.6. The third-order valence-electron chi connectivity index (χ3n) is 5.47. The molecule has 0 radical (unpaired) electrons. The van der Waals surface area contributed by atoms with Gasteiger partial charge in [0.1, 0.15) is 11.1 Å². The zero-order valence-corrected chi connectivity index (χ0v) is 19.2. The second-order valence-electron chi connectivity index (χ2n) is 7.98. The molecule has 0 aliphatic carbocycles. The summed E-state index contributed by atoms with van der Waals surface area (Å²) >= 11 is 1.59. The first-order valence-electron chi connectivity index (χ1n) is 10.6. The zero-order valence-electron chi connectivity index (χ0n) is 18.4. The van der Waals surface area contributed by atoms with Crippen LogP contribution in [0.25, 0.3) is 0 Å². The summed E-state index contributed by atoms with van der Waals surface area (Å²) < 4.78 is 5.21. The lowest BCUT2D eigenvalue weighted by atomic mass is 10.0. The Hall–Kier alpha value is -3.25. The van der Waals surface area contributed by atoms with Gasteiger partial charge in [0.2, 0.25) is 5.91 Å². The summed E-state index contributed by atoms with van der Waals surface area (Å²) in [4.78, 5) is 27.3. The number of thioether (sulfide) groups is 1. The Labute approximate surface area is 192 Å². The number of rotatable bonds is 6. The minimum absolute atomic E-state index is 0.0862. The molecule has 0 saturated carbocycles. The molecule has 5 nitrogen and oxygen atoms in total. The number of hydrogen-bond donors (Lipinski definition) is 1. The molecule has 1 aliphatic heterocycles. The van der Waals surface area contributed by atoms with Crippen LogP contribution in [0, 0.1) is 0 Å². The zero-order chi connectivity index (χ0) is 22.7. The van der Waals surface area contributed by atoms with Crippen LogP contribution in [-0.2, 0) is 4.79 Å². The van der Waals surface area contributed by atoms with Gasteiger partial charge in [-0.3, -0.25) is 14.5 Å². The average Bonchev–Trinajstić information content (AvgIpc) is 3.20. The van der Waals surface area contributed by atoms with E-state index in [9.17, 15) is 9.59 Å². The van der Waals surface area contributed by atoms with Gasteiger partial charge in [0.15, 0.2) is 0 Å². The van der Waals surface area contributed by atoms with E-state index >= 15 is 0 Å². The molecular formula is C26H26N2O3S. The van der Waals surface area contributed by atoms with E-state index in [-0.39, 0.29) is 17.2 Å². The number of carbonyl (C=O) groups is 2. The fourth-order valence-electron chi connectivity index (χ4n) is 3.71. The van der Waals surface area contributed by atoms with Crippen molar-refractivity contribution < 1.29 is 14.3 Å². The number of benzene rings is 3. The molecule has 1 aliphatic rings. The van der Waals surface area contributed by atoms with Gasteiger partial charge >= 0.3 is 0 Å². The molecule has 3 aromatic rings. The van der Waals surface area contributed by atoms with Crippen molar-refractivity contribution in [3.8, 4) is 5.75 Å². The summed E-state index contributed by atoms with van der Waals surface area (Å²) in [5, 5.41) is 2.81. The quantitative estimate of drug-likeness (QED) is 0.516. The van der Waals surface area contributed by atoms with Crippen molar-refractivity contribution in [2.75, 3.05) is 23.1 Å². The van der Waals surface area contributed by atoms with Crippen molar-refractivity contribution >= 4 is 35.0 Å². The maximum Gasteiger partial charge on any atom is 0.255 e. The molecule has 4 rings (SSSR count). The second kappa shape index (κ2) is 9.49. The van der Waals surface area contributed by atoms with Crippen LogP contribution in [0.3, 0.4) is 0 Å². The number of carbonyl (C=O) groups excluding carboxylic acids is 2. The SMILES string of the molecule is COc1cccc(C(=O)Nc2cccc(C3SCC(=O)N3c3ccc(C(C)C)cc3)c2)c1. The molecule has 1 N–H and O–H groups in total. The lowest BCUT2D eigenvalue weighted by molar-refractivity contribution is -0.115. The standard InChI is InChI=1S/C26H26N2O3S/c1-17(2)18-10-12-22(13-11-18)28-24(29)16-32-26(28)20-7-4-8-21(14-20)27-25(30)19-6-5-9-23(15-19)31-3/h4-15,17,26H,16H2,1-3H3,(H,27,30). The summed E-state index contributed by atoms with van der Waals surface area (Å²) in [6.07, 6.45) is 0. The van der Waals surface area contributed by atoms with Crippen molar-refractivity contribution in [2.45, 2.75) is 25.1 Å². The Kier molecular flexibility index (Phi) is 6.51. The average molecular weight is 447 g/mol. The summed E-state index contributed by atoms with van der Waals surface area (Å²) in [5.74, 6) is 1.37. The summed E-state index contributed by atoms with van der Waals surface area (Å²) in [6.45, 7) is 4.31. The number of methoxy groups -OCH3 is 1. The van der Waals surface area contributed by atoms with Crippen LogP contribution >= 0.6 is 11.8 Å². The Bertz CT molecular complexity index is 1130. The third-order valence-corrected chi connectivity index (χ3v) is 6.68. The molecule has 2 amide bonds. The summed E-state index contributed by atoms with van der Waals surface area (Å²) in [6, 6.07) is 22.9. The number of nitrogens with one attached hydrogen (secondary N) is 1. The highest BCUT2D eigenvalue weighted by Crippen LogP contribution is 2.42. The van der Waals surface area contributed by atoms with Gasteiger partial charge in [0, 0.05) is 16.9 Å². The predicted molar refractivity (Wildman–Crippen MR) is 131 cm³/mol. The van der Waals surface area contributed by atoms with E-state index in [4.69, 9.17) is 4.74 Å². The molecule has 32 heavy (non-hydrogen) atoms. The highest BCUT2D eigenvalue weighted by atomic mass is 32.2. The van der Waals surface area contributed by atoms with Gasteiger partial charge in [-0.25, -0.2) is 0 Å². The molecule has 3 aromatic carbocycles. The van der Waals surface area contributed by atoms with Gasteiger partial charge in [0.25, 0.3) is 5.91 Å². The van der Waals surface area contributed by atoms with Crippen LogP contribution in [-0.4, -0.2) is 24.7 Å². The van der Waals surface area contributed by atoms with Gasteiger partial charge in [0.05, 0.1) is 12.9 Å². The molecular weight excluding hydrogens is 420 g/mol. The van der Waals surface area contributed by atoms with Crippen LogP contribution in [0.5, 0.6) is 5.75 Å². The van der Waals surface area contributed by atoms with E-state index in [1.165, 1.54) is 5.56 Å². The molecule has 1 heterocycles. The highest BCUT2D eigenvalue weighted by Gasteiger charge is 2.34. The molecule has 1 atom stereocenters. The van der Waals surface area contributed by atoms with Gasteiger partial charge < -0.3 is 10.1 Å². The number of anilines is 2. The largest absolute Gasteiger partial charge is 0.497 e. The molecule has 164 valence electrons. The van der Waals surface area contributed by atoms with Crippen molar-refractivity contribution in [1.82, 2.24) is 0 Å². The van der Waals surface area contributed by atoms with E-state index in [1.807, 2.05) is 41.3 Å². The van der Waals surface area contributed by atoms with Gasteiger partial charge in [-0.05, 0) is 59.5 Å². The number of nitrogens with zero attached hydrogens (tertiary/aromatic N) is 1. The smallest absolute Gasteiger partial charge is 0.255 e. The van der Waals surface area contributed by atoms with Crippen LogP contribution < -0.4 is 15.0 Å². The highest BCUT2D eigenvalue weighted by molar-refractivity contribution is 8.00. The van der Waals surface area contributed by atoms with E-state index < -0.39 is 0 Å². The third kappa shape index (κ3) is 4.65. The maximum absolute atomic E-state index is 12.7. The Morgan fingerprint density at radius 3 is 2.53 bits per heavy atom. The van der Waals surface area contributed by atoms with Gasteiger partial charge in [-0.1, -0.05) is 44.2 Å². The first kappa shape index (κ1) is 22.0. The molecule has 6 heteroatoms. The molecule has 0 aromatic heterocycles. The second-order valence-corrected chi connectivity index (χ2v) is 9.05. The Balaban J connectivity index is 1.56. The fourth-order valence-corrected chi connectivity index (χ4v) is 4.87.